The predicted molar refractivity (Wildman–Crippen MR) is 138 cm³/mol. The summed E-state index contributed by atoms with van der Waals surface area (Å²) in [4.78, 5) is 9.48. The van der Waals surface area contributed by atoms with Crippen LogP contribution in [-0.4, -0.2) is 58.3 Å². The highest BCUT2D eigenvalue weighted by Crippen LogP contribution is 2.20. The molecule has 2 aromatic heterocycles. The Morgan fingerprint density at radius 3 is 2.75 bits per heavy atom. The van der Waals surface area contributed by atoms with E-state index in [2.05, 4.69) is 42.9 Å². The van der Waals surface area contributed by atoms with Crippen LogP contribution in [0.3, 0.4) is 0 Å². The Bertz CT molecular complexity index is 984. The molecule has 1 aromatic carbocycles. The van der Waals surface area contributed by atoms with Crippen LogP contribution in [-0.2, 0) is 19.5 Å². The second kappa shape index (κ2) is 12.1. The first-order chi connectivity index (χ1) is 15.2. The zero-order valence-electron chi connectivity index (χ0n) is 18.2. The Kier molecular flexibility index (Phi) is 9.22. The van der Waals surface area contributed by atoms with Gasteiger partial charge in [0.05, 0.1) is 6.26 Å². The number of rotatable bonds is 7. The molecule has 0 atom stereocenters. The number of guanidine groups is 1. The fourth-order valence-electron chi connectivity index (χ4n) is 3.70. The van der Waals surface area contributed by atoms with Crippen molar-refractivity contribution in [2.75, 3.05) is 37.6 Å². The molecule has 4 rings (SSSR count). The van der Waals surface area contributed by atoms with E-state index in [1.807, 2.05) is 30.3 Å². The largest absolute Gasteiger partial charge is 0.467 e. The molecule has 172 valence electrons. The van der Waals surface area contributed by atoms with Gasteiger partial charge in [-0.15, -0.1) is 34.2 Å². The van der Waals surface area contributed by atoms with Crippen LogP contribution in [0, 0.1) is 0 Å². The normalized spacial score (nSPS) is 14.4. The monoisotopic (exact) mass is 569 g/mol. The first kappa shape index (κ1) is 24.4. The van der Waals surface area contributed by atoms with Crippen LogP contribution < -0.4 is 10.2 Å². The highest BCUT2D eigenvalue weighted by Gasteiger charge is 2.20. The van der Waals surface area contributed by atoms with Crippen molar-refractivity contribution in [3.63, 3.8) is 0 Å². The molecule has 1 aliphatic heterocycles. The van der Waals surface area contributed by atoms with Gasteiger partial charge in [0.1, 0.15) is 24.5 Å². The number of hydrogen-bond donors (Lipinski definition) is 1. The maximum Gasteiger partial charge on any atom is 0.194 e. The van der Waals surface area contributed by atoms with E-state index in [9.17, 15) is 0 Å². The molecule has 1 saturated heterocycles. The first-order valence-corrected chi connectivity index (χ1v) is 11.0. The summed E-state index contributed by atoms with van der Waals surface area (Å²) in [6.07, 6.45) is 4.33. The van der Waals surface area contributed by atoms with Gasteiger partial charge in [-0.2, -0.15) is 0 Å². The summed E-state index contributed by atoms with van der Waals surface area (Å²) in [5.74, 6) is 2.74. The second-order valence-electron chi connectivity index (χ2n) is 7.39. The minimum Gasteiger partial charge on any atom is -0.467 e. The van der Waals surface area contributed by atoms with Gasteiger partial charge in [-0.1, -0.05) is 24.6 Å². The Hall–Kier alpha value is -2.27. The quantitative estimate of drug-likeness (QED) is 0.266. The third-order valence-corrected chi connectivity index (χ3v) is 5.60. The van der Waals surface area contributed by atoms with E-state index in [0.29, 0.717) is 6.54 Å². The lowest BCUT2D eigenvalue weighted by molar-refractivity contribution is 0.369. The molecule has 0 spiro atoms. The van der Waals surface area contributed by atoms with E-state index in [4.69, 9.17) is 21.0 Å². The standard InChI is InChI=1S/C22H28ClN7O.HI/c1-2-21-27-26-17-30(21)9-8-24-22(25-16-20-7-4-14-31-20)29-12-10-28(11-13-29)19-6-3-5-18(23)15-19;/h3-7,14-15,17H,2,8-13,16H2,1H3,(H,24,25);1H. The molecule has 32 heavy (non-hydrogen) atoms. The van der Waals surface area contributed by atoms with E-state index in [1.165, 1.54) is 0 Å². The Labute approximate surface area is 210 Å². The molecule has 1 N–H and O–H groups in total. The molecule has 0 unspecified atom stereocenters. The van der Waals surface area contributed by atoms with Gasteiger partial charge in [0.15, 0.2) is 5.96 Å². The fraction of sp³-hybridized carbons (Fsp3) is 0.409. The van der Waals surface area contributed by atoms with Gasteiger partial charge in [-0.05, 0) is 30.3 Å². The van der Waals surface area contributed by atoms with Crippen molar-refractivity contribution < 1.29 is 4.42 Å². The van der Waals surface area contributed by atoms with Gasteiger partial charge < -0.3 is 24.1 Å². The van der Waals surface area contributed by atoms with Crippen molar-refractivity contribution in [2.24, 2.45) is 4.99 Å². The lowest BCUT2D eigenvalue weighted by Gasteiger charge is -2.37. The third kappa shape index (κ3) is 6.38. The fourth-order valence-corrected chi connectivity index (χ4v) is 3.88. The highest BCUT2D eigenvalue weighted by molar-refractivity contribution is 14.0. The predicted octanol–water partition coefficient (Wildman–Crippen LogP) is 3.67. The molecular weight excluding hydrogens is 541 g/mol. The lowest BCUT2D eigenvalue weighted by atomic mass is 10.2. The maximum absolute atomic E-state index is 6.17. The van der Waals surface area contributed by atoms with Crippen LogP contribution in [0.1, 0.15) is 18.5 Å². The van der Waals surface area contributed by atoms with Crippen molar-refractivity contribution in [2.45, 2.75) is 26.4 Å². The smallest absolute Gasteiger partial charge is 0.194 e. The number of halogens is 2. The topological polar surface area (TPSA) is 74.7 Å². The summed E-state index contributed by atoms with van der Waals surface area (Å²) < 4.78 is 7.53. The highest BCUT2D eigenvalue weighted by atomic mass is 127. The zero-order valence-corrected chi connectivity index (χ0v) is 21.2. The van der Waals surface area contributed by atoms with E-state index in [-0.39, 0.29) is 24.0 Å². The van der Waals surface area contributed by atoms with Crippen LogP contribution in [0.4, 0.5) is 5.69 Å². The van der Waals surface area contributed by atoms with Crippen molar-refractivity contribution in [1.82, 2.24) is 25.0 Å². The number of benzene rings is 1. The average Bonchev–Trinajstić information content (AvgIpc) is 3.48. The van der Waals surface area contributed by atoms with E-state index in [0.717, 1.165) is 73.9 Å². The average molecular weight is 570 g/mol. The van der Waals surface area contributed by atoms with Crippen molar-refractivity contribution >= 4 is 47.2 Å². The summed E-state index contributed by atoms with van der Waals surface area (Å²) in [5, 5.41) is 12.5. The minimum atomic E-state index is 0. The van der Waals surface area contributed by atoms with Crippen LogP contribution in [0.15, 0.2) is 58.4 Å². The molecule has 3 aromatic rings. The number of piperazine rings is 1. The number of aryl methyl sites for hydroxylation is 1. The number of anilines is 1. The van der Waals surface area contributed by atoms with E-state index < -0.39 is 0 Å². The number of furan rings is 1. The Morgan fingerprint density at radius 2 is 2.03 bits per heavy atom. The SMILES string of the molecule is CCc1nncn1CCNC(=NCc1ccco1)N1CCN(c2cccc(Cl)c2)CC1.I. The van der Waals surface area contributed by atoms with Gasteiger partial charge in [0.2, 0.25) is 0 Å². The molecule has 0 aliphatic carbocycles. The van der Waals surface area contributed by atoms with Gasteiger partial charge in [0, 0.05) is 56.4 Å². The molecule has 0 saturated carbocycles. The molecule has 3 heterocycles. The summed E-state index contributed by atoms with van der Waals surface area (Å²) in [7, 11) is 0. The van der Waals surface area contributed by atoms with Gasteiger partial charge in [-0.25, -0.2) is 4.99 Å². The van der Waals surface area contributed by atoms with Crippen LogP contribution >= 0.6 is 35.6 Å². The zero-order chi connectivity index (χ0) is 21.5. The van der Waals surface area contributed by atoms with Crippen LogP contribution in [0.25, 0.3) is 0 Å². The number of nitrogens with one attached hydrogen (secondary N) is 1. The molecular formula is C22H29ClIN7O. The Morgan fingerprint density at radius 1 is 1.19 bits per heavy atom. The number of aromatic nitrogens is 3. The number of nitrogens with zero attached hydrogens (tertiary/aromatic N) is 6. The molecule has 1 fully saturated rings. The number of hydrogen-bond acceptors (Lipinski definition) is 5. The van der Waals surface area contributed by atoms with Gasteiger partial charge in [-0.3, -0.25) is 0 Å². The molecule has 1 aliphatic rings. The summed E-state index contributed by atoms with van der Waals surface area (Å²) in [5.41, 5.74) is 1.16. The van der Waals surface area contributed by atoms with E-state index >= 15 is 0 Å². The van der Waals surface area contributed by atoms with Gasteiger partial charge >= 0.3 is 0 Å². The van der Waals surface area contributed by atoms with Crippen molar-refractivity contribution in [1.29, 1.82) is 0 Å². The van der Waals surface area contributed by atoms with Crippen molar-refractivity contribution in [3.05, 3.63) is 65.6 Å². The third-order valence-electron chi connectivity index (χ3n) is 5.37. The van der Waals surface area contributed by atoms with Crippen molar-refractivity contribution in [3.8, 4) is 0 Å². The molecule has 8 nitrogen and oxygen atoms in total. The summed E-state index contributed by atoms with van der Waals surface area (Å²) in [6.45, 7) is 7.71. The molecule has 0 radical (unpaired) electrons. The first-order valence-electron chi connectivity index (χ1n) is 10.7. The molecule has 0 bridgehead atoms. The van der Waals surface area contributed by atoms with E-state index in [1.54, 1.807) is 12.6 Å². The minimum absolute atomic E-state index is 0. The number of aliphatic imine (C=N–C) groups is 1. The maximum atomic E-state index is 6.17. The summed E-state index contributed by atoms with van der Waals surface area (Å²) in [6, 6.07) is 11.9. The molecule has 0 amide bonds. The molecule has 10 heteroatoms. The summed E-state index contributed by atoms with van der Waals surface area (Å²) >= 11 is 6.17. The van der Waals surface area contributed by atoms with Gasteiger partial charge in [0.25, 0.3) is 0 Å². The lowest BCUT2D eigenvalue weighted by Crippen LogP contribution is -2.53. The second-order valence-corrected chi connectivity index (χ2v) is 7.83. The van der Waals surface area contributed by atoms with Crippen LogP contribution in [0.5, 0.6) is 0 Å². The Balaban J connectivity index is 0.00000289. The van der Waals surface area contributed by atoms with Crippen LogP contribution in [0.2, 0.25) is 5.02 Å².